The minimum absolute atomic E-state index is 0.0625. The minimum Gasteiger partial charge on any atom is -0.480 e. The van der Waals surface area contributed by atoms with Crippen LogP contribution in [-0.4, -0.2) is 29.6 Å². The molecule has 0 aliphatic rings. The van der Waals surface area contributed by atoms with Crippen LogP contribution in [0.15, 0.2) is 0 Å². The van der Waals surface area contributed by atoms with Gasteiger partial charge in [0.25, 0.3) is 0 Å². The Morgan fingerprint density at radius 1 is 1.21 bits per heavy atom. The molecule has 0 aromatic carbocycles. The Morgan fingerprint density at radius 3 is 2.26 bits per heavy atom. The van der Waals surface area contributed by atoms with E-state index in [-0.39, 0.29) is 11.8 Å². The summed E-state index contributed by atoms with van der Waals surface area (Å²) in [5.41, 5.74) is 5.51. The van der Waals surface area contributed by atoms with Crippen molar-refractivity contribution >= 4 is 11.9 Å². The SMILES string of the molecule is CCC(CCN)CCC(=O)N[C@H](C(=O)O)C(C)CC. The summed E-state index contributed by atoms with van der Waals surface area (Å²) in [6.45, 7) is 6.46. The fraction of sp³-hybridized carbons (Fsp3) is 0.857. The van der Waals surface area contributed by atoms with E-state index in [1.165, 1.54) is 0 Å². The number of carboxylic acid groups (broad SMARTS) is 1. The number of carbonyl (C=O) groups is 2. The lowest BCUT2D eigenvalue weighted by Crippen LogP contribution is -2.45. The van der Waals surface area contributed by atoms with Crippen molar-refractivity contribution in [3.05, 3.63) is 0 Å². The fourth-order valence-corrected chi connectivity index (χ4v) is 2.05. The average Bonchev–Trinajstić information content (AvgIpc) is 2.39. The van der Waals surface area contributed by atoms with E-state index in [2.05, 4.69) is 12.2 Å². The summed E-state index contributed by atoms with van der Waals surface area (Å²) in [5, 5.41) is 11.7. The number of hydrogen-bond donors (Lipinski definition) is 3. The van der Waals surface area contributed by atoms with Crippen molar-refractivity contribution in [1.29, 1.82) is 0 Å². The fourth-order valence-electron chi connectivity index (χ4n) is 2.05. The zero-order valence-corrected chi connectivity index (χ0v) is 12.3. The van der Waals surface area contributed by atoms with Crippen molar-refractivity contribution in [2.45, 2.75) is 58.9 Å². The van der Waals surface area contributed by atoms with E-state index < -0.39 is 12.0 Å². The quantitative estimate of drug-likeness (QED) is 0.565. The van der Waals surface area contributed by atoms with Gasteiger partial charge < -0.3 is 16.2 Å². The first kappa shape index (κ1) is 17.9. The van der Waals surface area contributed by atoms with Crippen LogP contribution in [0.1, 0.15) is 52.9 Å². The molecule has 0 bridgehead atoms. The molecule has 5 heteroatoms. The number of rotatable bonds is 10. The number of hydrogen-bond acceptors (Lipinski definition) is 3. The standard InChI is InChI=1S/C14H28N2O3/c1-4-10(3)13(14(18)19)16-12(17)7-6-11(5-2)8-9-15/h10-11,13H,4-9,15H2,1-3H3,(H,16,17)(H,18,19)/t10?,11?,13-/m0/s1. The molecule has 5 nitrogen and oxygen atoms in total. The third-order valence-electron chi connectivity index (χ3n) is 3.73. The molecule has 0 saturated carbocycles. The van der Waals surface area contributed by atoms with E-state index in [9.17, 15) is 9.59 Å². The van der Waals surface area contributed by atoms with Crippen molar-refractivity contribution in [2.75, 3.05) is 6.54 Å². The molecule has 2 unspecified atom stereocenters. The first-order chi connectivity index (χ1) is 8.96. The van der Waals surface area contributed by atoms with Crippen LogP contribution in [0.4, 0.5) is 0 Å². The summed E-state index contributed by atoms with van der Waals surface area (Å²) >= 11 is 0. The molecule has 0 aliphatic carbocycles. The topological polar surface area (TPSA) is 92.4 Å². The molecule has 0 heterocycles. The smallest absolute Gasteiger partial charge is 0.326 e. The highest BCUT2D eigenvalue weighted by molar-refractivity contribution is 5.83. The van der Waals surface area contributed by atoms with Gasteiger partial charge in [-0.25, -0.2) is 4.79 Å². The molecule has 0 rings (SSSR count). The van der Waals surface area contributed by atoms with Crippen LogP contribution in [0.25, 0.3) is 0 Å². The van der Waals surface area contributed by atoms with Crippen LogP contribution in [-0.2, 0) is 9.59 Å². The van der Waals surface area contributed by atoms with Crippen LogP contribution in [0.5, 0.6) is 0 Å². The van der Waals surface area contributed by atoms with Crippen molar-refractivity contribution in [2.24, 2.45) is 17.6 Å². The maximum Gasteiger partial charge on any atom is 0.326 e. The predicted octanol–water partition coefficient (Wildman–Crippen LogP) is 1.76. The van der Waals surface area contributed by atoms with E-state index in [1.807, 2.05) is 13.8 Å². The Labute approximate surface area is 115 Å². The molecule has 0 aliphatic heterocycles. The molecule has 0 radical (unpaired) electrons. The summed E-state index contributed by atoms with van der Waals surface area (Å²) in [6, 6.07) is -0.785. The number of aliphatic carboxylic acids is 1. The molecule has 112 valence electrons. The second-order valence-electron chi connectivity index (χ2n) is 5.16. The molecule has 0 aromatic heterocycles. The molecule has 4 N–H and O–H groups in total. The third kappa shape index (κ3) is 7.15. The third-order valence-corrected chi connectivity index (χ3v) is 3.73. The van der Waals surface area contributed by atoms with Crippen molar-refractivity contribution in [3.63, 3.8) is 0 Å². The summed E-state index contributed by atoms with van der Waals surface area (Å²) in [6.07, 6.45) is 3.78. The first-order valence-corrected chi connectivity index (χ1v) is 7.18. The monoisotopic (exact) mass is 272 g/mol. The Bertz CT molecular complexity index is 282. The minimum atomic E-state index is -0.961. The maximum atomic E-state index is 11.8. The summed E-state index contributed by atoms with van der Waals surface area (Å²) in [7, 11) is 0. The second-order valence-corrected chi connectivity index (χ2v) is 5.16. The van der Waals surface area contributed by atoms with Gasteiger partial charge in [-0.1, -0.05) is 33.6 Å². The zero-order chi connectivity index (χ0) is 14.8. The molecule has 0 aromatic rings. The van der Waals surface area contributed by atoms with Crippen molar-refractivity contribution in [3.8, 4) is 0 Å². The average molecular weight is 272 g/mol. The normalized spacial score (nSPS) is 15.6. The van der Waals surface area contributed by atoms with E-state index in [0.717, 1.165) is 25.7 Å². The molecule has 0 saturated heterocycles. The Balaban J connectivity index is 4.23. The molecule has 0 spiro atoms. The Kier molecular flexibility index (Phi) is 9.21. The van der Waals surface area contributed by atoms with E-state index in [0.29, 0.717) is 18.9 Å². The van der Waals surface area contributed by atoms with Gasteiger partial charge >= 0.3 is 5.97 Å². The Morgan fingerprint density at radius 2 is 1.84 bits per heavy atom. The molecule has 1 amide bonds. The first-order valence-electron chi connectivity index (χ1n) is 7.18. The van der Waals surface area contributed by atoms with Crippen LogP contribution in [0, 0.1) is 11.8 Å². The van der Waals surface area contributed by atoms with Gasteiger partial charge in [0, 0.05) is 6.42 Å². The van der Waals surface area contributed by atoms with Gasteiger partial charge in [0.15, 0.2) is 0 Å². The van der Waals surface area contributed by atoms with Crippen LogP contribution in [0.3, 0.4) is 0 Å². The highest BCUT2D eigenvalue weighted by Gasteiger charge is 2.25. The van der Waals surface area contributed by atoms with Gasteiger partial charge in [0.1, 0.15) is 6.04 Å². The number of carboxylic acids is 1. The number of nitrogens with one attached hydrogen (secondary N) is 1. The van der Waals surface area contributed by atoms with Crippen LogP contribution >= 0.6 is 0 Å². The second kappa shape index (κ2) is 9.78. The van der Waals surface area contributed by atoms with Gasteiger partial charge in [0.05, 0.1) is 0 Å². The van der Waals surface area contributed by atoms with E-state index >= 15 is 0 Å². The van der Waals surface area contributed by atoms with Crippen LogP contribution in [0.2, 0.25) is 0 Å². The van der Waals surface area contributed by atoms with Crippen molar-refractivity contribution < 1.29 is 14.7 Å². The molecular weight excluding hydrogens is 244 g/mol. The largest absolute Gasteiger partial charge is 0.480 e. The van der Waals surface area contributed by atoms with Gasteiger partial charge in [-0.15, -0.1) is 0 Å². The number of amides is 1. The molecule has 19 heavy (non-hydrogen) atoms. The highest BCUT2D eigenvalue weighted by Crippen LogP contribution is 2.15. The van der Waals surface area contributed by atoms with Gasteiger partial charge in [-0.2, -0.15) is 0 Å². The molecular formula is C14H28N2O3. The van der Waals surface area contributed by atoms with Gasteiger partial charge in [-0.3, -0.25) is 4.79 Å². The number of carbonyl (C=O) groups excluding carboxylic acids is 1. The highest BCUT2D eigenvalue weighted by atomic mass is 16.4. The van der Waals surface area contributed by atoms with E-state index in [1.54, 1.807) is 0 Å². The van der Waals surface area contributed by atoms with Crippen molar-refractivity contribution in [1.82, 2.24) is 5.32 Å². The molecule has 3 atom stereocenters. The molecule has 0 fully saturated rings. The summed E-state index contributed by atoms with van der Waals surface area (Å²) in [4.78, 5) is 22.9. The lowest BCUT2D eigenvalue weighted by molar-refractivity contribution is -0.143. The van der Waals surface area contributed by atoms with Gasteiger partial charge in [0.2, 0.25) is 5.91 Å². The van der Waals surface area contributed by atoms with Gasteiger partial charge in [-0.05, 0) is 31.2 Å². The lowest BCUT2D eigenvalue weighted by Gasteiger charge is -2.21. The Hall–Kier alpha value is -1.10. The van der Waals surface area contributed by atoms with E-state index in [4.69, 9.17) is 10.8 Å². The number of nitrogens with two attached hydrogens (primary N) is 1. The summed E-state index contributed by atoms with van der Waals surface area (Å²) in [5.74, 6) is -0.755. The predicted molar refractivity (Wildman–Crippen MR) is 75.7 cm³/mol. The van der Waals surface area contributed by atoms with Crippen LogP contribution < -0.4 is 11.1 Å². The summed E-state index contributed by atoms with van der Waals surface area (Å²) < 4.78 is 0. The zero-order valence-electron chi connectivity index (χ0n) is 12.3. The lowest BCUT2D eigenvalue weighted by atomic mass is 9.95. The maximum absolute atomic E-state index is 11.8.